The molecule has 0 radical (unpaired) electrons. The standard InChI is InChI=1S/C19H24N2O2S/c1-12(2)17(16-9-6-10-24-16)21-19(23)14-11-13-7-4-3-5-8-15(13)20-18(14)22/h6,9-12,17H,3-5,7-8H2,1-2H3,(H,20,22)(H,21,23). The number of rotatable bonds is 4. The molecule has 0 saturated heterocycles. The molecule has 1 aliphatic rings. The SMILES string of the molecule is CC(C)C(NC(=O)c1cc2c([nH]c1=O)CCCCC2)c1cccs1. The van der Waals surface area contributed by atoms with E-state index in [-0.39, 0.29) is 29.0 Å². The Morgan fingerprint density at radius 1 is 1.25 bits per heavy atom. The molecule has 3 rings (SSSR count). The van der Waals surface area contributed by atoms with E-state index in [1.807, 2.05) is 17.5 Å². The zero-order valence-corrected chi connectivity index (χ0v) is 15.0. The predicted molar refractivity (Wildman–Crippen MR) is 97.7 cm³/mol. The van der Waals surface area contributed by atoms with Gasteiger partial charge in [-0.2, -0.15) is 0 Å². The van der Waals surface area contributed by atoms with Crippen molar-refractivity contribution >= 4 is 17.2 Å². The third-order valence-corrected chi connectivity index (χ3v) is 5.59. The average Bonchev–Trinajstić information content (AvgIpc) is 2.97. The number of hydrogen-bond donors (Lipinski definition) is 2. The van der Waals surface area contributed by atoms with Crippen LogP contribution in [0.25, 0.3) is 0 Å². The highest BCUT2D eigenvalue weighted by molar-refractivity contribution is 7.10. The van der Waals surface area contributed by atoms with Gasteiger partial charge in [-0.15, -0.1) is 11.3 Å². The van der Waals surface area contributed by atoms with Crippen LogP contribution in [0.5, 0.6) is 0 Å². The number of aromatic nitrogens is 1. The molecule has 1 aliphatic carbocycles. The van der Waals surface area contributed by atoms with E-state index in [4.69, 9.17) is 0 Å². The Bertz CT molecular complexity index is 762. The van der Waals surface area contributed by atoms with Crippen LogP contribution in [0.2, 0.25) is 0 Å². The molecule has 0 fully saturated rings. The molecule has 2 aromatic rings. The monoisotopic (exact) mass is 344 g/mol. The second-order valence-corrected chi connectivity index (χ2v) is 7.77. The molecule has 0 aromatic carbocycles. The molecule has 2 aromatic heterocycles. The Morgan fingerprint density at radius 3 is 2.75 bits per heavy atom. The summed E-state index contributed by atoms with van der Waals surface area (Å²) in [6.07, 6.45) is 5.22. The highest BCUT2D eigenvalue weighted by atomic mass is 32.1. The predicted octanol–water partition coefficient (Wildman–Crippen LogP) is 3.83. The molecule has 0 bridgehead atoms. The zero-order valence-electron chi connectivity index (χ0n) is 14.2. The van der Waals surface area contributed by atoms with Gasteiger partial charge in [0.15, 0.2) is 0 Å². The summed E-state index contributed by atoms with van der Waals surface area (Å²) in [6.45, 7) is 4.15. The van der Waals surface area contributed by atoms with E-state index in [2.05, 4.69) is 24.1 Å². The van der Waals surface area contributed by atoms with Crippen molar-refractivity contribution in [1.82, 2.24) is 10.3 Å². The van der Waals surface area contributed by atoms with Gasteiger partial charge in [0, 0.05) is 10.6 Å². The van der Waals surface area contributed by atoms with Gasteiger partial charge in [-0.05, 0) is 54.7 Å². The summed E-state index contributed by atoms with van der Waals surface area (Å²) in [7, 11) is 0. The lowest BCUT2D eigenvalue weighted by Gasteiger charge is -2.21. The summed E-state index contributed by atoms with van der Waals surface area (Å²) in [6, 6.07) is 5.74. The Kier molecular flexibility index (Phi) is 5.19. The first kappa shape index (κ1) is 17.0. The normalized spacial score (nSPS) is 15.6. The second kappa shape index (κ2) is 7.34. The third-order valence-electron chi connectivity index (χ3n) is 4.64. The highest BCUT2D eigenvalue weighted by Gasteiger charge is 2.22. The van der Waals surface area contributed by atoms with Gasteiger partial charge in [-0.1, -0.05) is 26.3 Å². The number of carbonyl (C=O) groups excluding carboxylic acids is 1. The van der Waals surface area contributed by atoms with Crippen molar-refractivity contribution < 1.29 is 4.79 Å². The van der Waals surface area contributed by atoms with E-state index >= 15 is 0 Å². The molecule has 0 saturated carbocycles. The lowest BCUT2D eigenvalue weighted by Crippen LogP contribution is -2.35. The van der Waals surface area contributed by atoms with E-state index in [1.54, 1.807) is 17.4 Å². The van der Waals surface area contributed by atoms with Gasteiger partial charge < -0.3 is 10.3 Å². The van der Waals surface area contributed by atoms with Crippen molar-refractivity contribution in [3.8, 4) is 0 Å². The maximum atomic E-state index is 12.7. The van der Waals surface area contributed by atoms with Crippen molar-refractivity contribution in [3.63, 3.8) is 0 Å². The van der Waals surface area contributed by atoms with Gasteiger partial charge in [-0.3, -0.25) is 9.59 Å². The van der Waals surface area contributed by atoms with Crippen molar-refractivity contribution in [1.29, 1.82) is 0 Å². The lowest BCUT2D eigenvalue weighted by atomic mass is 10.0. The topological polar surface area (TPSA) is 62.0 Å². The van der Waals surface area contributed by atoms with Gasteiger partial charge >= 0.3 is 0 Å². The molecular formula is C19H24N2O2S. The molecular weight excluding hydrogens is 320 g/mol. The van der Waals surface area contributed by atoms with Crippen LogP contribution in [-0.2, 0) is 12.8 Å². The summed E-state index contributed by atoms with van der Waals surface area (Å²) in [4.78, 5) is 29.1. The molecule has 5 heteroatoms. The maximum Gasteiger partial charge on any atom is 0.261 e. The van der Waals surface area contributed by atoms with Gasteiger partial charge in [0.1, 0.15) is 5.56 Å². The molecule has 128 valence electrons. The number of hydrogen-bond acceptors (Lipinski definition) is 3. The zero-order chi connectivity index (χ0) is 17.1. The quantitative estimate of drug-likeness (QED) is 0.828. The Labute approximate surface area is 146 Å². The number of fused-ring (bicyclic) bond motifs is 1. The summed E-state index contributed by atoms with van der Waals surface area (Å²) in [5, 5.41) is 5.06. The fraction of sp³-hybridized carbons (Fsp3) is 0.474. The summed E-state index contributed by atoms with van der Waals surface area (Å²) in [5.74, 6) is -0.0251. The van der Waals surface area contributed by atoms with E-state index in [0.29, 0.717) is 0 Å². The van der Waals surface area contributed by atoms with Crippen molar-refractivity contribution in [2.45, 2.75) is 52.0 Å². The number of aryl methyl sites for hydroxylation is 2. The molecule has 2 N–H and O–H groups in total. The molecule has 2 heterocycles. The number of aromatic amines is 1. The summed E-state index contributed by atoms with van der Waals surface area (Å²) in [5.41, 5.74) is 2.09. The van der Waals surface area contributed by atoms with Crippen LogP contribution >= 0.6 is 11.3 Å². The molecule has 0 spiro atoms. The Hall–Kier alpha value is -1.88. The minimum Gasteiger partial charge on any atom is -0.344 e. The second-order valence-electron chi connectivity index (χ2n) is 6.79. The van der Waals surface area contributed by atoms with Gasteiger partial charge in [-0.25, -0.2) is 0 Å². The first-order valence-corrected chi connectivity index (χ1v) is 9.53. The van der Waals surface area contributed by atoms with Crippen LogP contribution in [0.3, 0.4) is 0 Å². The first-order valence-electron chi connectivity index (χ1n) is 8.65. The number of amides is 1. The minimum absolute atomic E-state index is 0.0734. The van der Waals surface area contributed by atoms with Crippen molar-refractivity contribution in [3.05, 3.63) is 55.6 Å². The van der Waals surface area contributed by atoms with Crippen LogP contribution in [0.4, 0.5) is 0 Å². The number of thiophene rings is 1. The average molecular weight is 344 g/mol. The smallest absolute Gasteiger partial charge is 0.261 e. The van der Waals surface area contributed by atoms with E-state index < -0.39 is 0 Å². The number of H-pyrrole nitrogens is 1. The van der Waals surface area contributed by atoms with Crippen LogP contribution in [-0.4, -0.2) is 10.9 Å². The highest BCUT2D eigenvalue weighted by Crippen LogP contribution is 2.26. The lowest BCUT2D eigenvalue weighted by molar-refractivity contribution is 0.0925. The molecule has 1 atom stereocenters. The molecule has 24 heavy (non-hydrogen) atoms. The van der Waals surface area contributed by atoms with E-state index in [9.17, 15) is 9.59 Å². The fourth-order valence-corrected chi connectivity index (χ4v) is 4.22. The molecule has 1 unspecified atom stereocenters. The summed E-state index contributed by atoms with van der Waals surface area (Å²) >= 11 is 1.63. The van der Waals surface area contributed by atoms with E-state index in [1.165, 1.54) is 6.42 Å². The number of carbonyl (C=O) groups is 1. The molecule has 4 nitrogen and oxygen atoms in total. The number of pyridine rings is 1. The molecule has 0 aliphatic heterocycles. The maximum absolute atomic E-state index is 12.7. The van der Waals surface area contributed by atoms with Crippen LogP contribution in [0.15, 0.2) is 28.4 Å². The largest absolute Gasteiger partial charge is 0.344 e. The van der Waals surface area contributed by atoms with Crippen LogP contribution < -0.4 is 10.9 Å². The Balaban J connectivity index is 1.87. The first-order chi connectivity index (χ1) is 11.6. The van der Waals surface area contributed by atoms with Gasteiger partial charge in [0.05, 0.1) is 6.04 Å². The fourth-order valence-electron chi connectivity index (χ4n) is 3.27. The van der Waals surface area contributed by atoms with Gasteiger partial charge in [0.2, 0.25) is 0 Å². The van der Waals surface area contributed by atoms with Gasteiger partial charge in [0.25, 0.3) is 11.5 Å². The third kappa shape index (κ3) is 3.61. The van der Waals surface area contributed by atoms with Crippen LogP contribution in [0, 0.1) is 5.92 Å². The van der Waals surface area contributed by atoms with Crippen molar-refractivity contribution in [2.75, 3.05) is 0 Å². The summed E-state index contributed by atoms with van der Waals surface area (Å²) < 4.78 is 0. The Morgan fingerprint density at radius 2 is 2.04 bits per heavy atom. The number of nitrogens with one attached hydrogen (secondary N) is 2. The molecule has 1 amide bonds. The minimum atomic E-state index is -0.282. The van der Waals surface area contributed by atoms with Crippen molar-refractivity contribution in [2.24, 2.45) is 5.92 Å². The van der Waals surface area contributed by atoms with E-state index in [0.717, 1.165) is 41.8 Å². The van der Waals surface area contributed by atoms with Crippen LogP contribution in [0.1, 0.15) is 65.6 Å².